The van der Waals surface area contributed by atoms with Crippen molar-refractivity contribution in [3.8, 4) is 34.1 Å². The lowest BCUT2D eigenvalue weighted by molar-refractivity contribution is -0.274. The third-order valence-corrected chi connectivity index (χ3v) is 6.72. The van der Waals surface area contributed by atoms with Gasteiger partial charge in [-0.15, -0.1) is 13.2 Å². The molecule has 2 atom stereocenters. The van der Waals surface area contributed by atoms with Crippen molar-refractivity contribution in [2.24, 2.45) is 5.92 Å². The van der Waals surface area contributed by atoms with Crippen LogP contribution in [-0.2, 0) is 0 Å². The molecular weight excluding hydrogens is 489 g/mol. The van der Waals surface area contributed by atoms with E-state index in [-0.39, 0.29) is 23.1 Å². The van der Waals surface area contributed by atoms with E-state index in [0.717, 1.165) is 18.1 Å². The molecule has 1 aliphatic rings. The molecule has 8 nitrogen and oxygen atoms in total. The van der Waals surface area contributed by atoms with Crippen LogP contribution in [0.3, 0.4) is 0 Å². The number of pyridine rings is 1. The molecule has 0 spiro atoms. The van der Waals surface area contributed by atoms with E-state index in [4.69, 9.17) is 4.52 Å². The van der Waals surface area contributed by atoms with Crippen molar-refractivity contribution in [3.63, 3.8) is 0 Å². The fourth-order valence-corrected chi connectivity index (χ4v) is 5.07. The minimum atomic E-state index is -5.03. The molecule has 2 unspecified atom stereocenters. The molecule has 0 bridgehead atoms. The molecule has 1 N–H and O–H groups in total. The van der Waals surface area contributed by atoms with Crippen LogP contribution in [0.2, 0.25) is 0 Å². The van der Waals surface area contributed by atoms with E-state index in [0.29, 0.717) is 46.5 Å². The minimum absolute atomic E-state index is 0.0661. The zero-order chi connectivity index (χ0) is 26.5. The largest absolute Gasteiger partial charge is 0.573 e. The number of fused-ring (bicyclic) bond motifs is 1. The number of hydrogen-bond donors (Lipinski definition) is 1. The number of aromatic nitrogens is 3. The van der Waals surface area contributed by atoms with Gasteiger partial charge in [-0.05, 0) is 57.4 Å². The number of carboxylic acid groups (broad SMARTS) is 1. The van der Waals surface area contributed by atoms with Gasteiger partial charge in [0.05, 0.1) is 17.3 Å². The number of halogens is 3. The molecule has 3 aromatic heterocycles. The zero-order valence-electron chi connectivity index (χ0n) is 19.8. The van der Waals surface area contributed by atoms with Gasteiger partial charge in [0.25, 0.3) is 0 Å². The minimum Gasteiger partial charge on any atom is -0.478 e. The van der Waals surface area contributed by atoms with Crippen molar-refractivity contribution in [1.82, 2.24) is 14.7 Å². The van der Waals surface area contributed by atoms with Gasteiger partial charge in [0, 0.05) is 52.0 Å². The first kappa shape index (κ1) is 24.4. The molecule has 0 amide bonds. The molecule has 0 radical (unpaired) electrons. The molecule has 0 saturated heterocycles. The molecular formula is C26H21F3N4O4. The summed E-state index contributed by atoms with van der Waals surface area (Å²) in [5.41, 5.74) is 2.70. The third kappa shape index (κ3) is 4.50. The fraction of sp³-hybridized carbons (Fsp3) is 0.308. The maximum Gasteiger partial charge on any atom is 0.573 e. The van der Waals surface area contributed by atoms with E-state index in [2.05, 4.69) is 20.9 Å². The molecule has 0 aliphatic heterocycles. The average Bonchev–Trinajstić information content (AvgIpc) is 3.54. The number of nitriles is 1. The Labute approximate surface area is 208 Å². The van der Waals surface area contributed by atoms with Gasteiger partial charge in [-0.2, -0.15) is 5.26 Å². The van der Waals surface area contributed by atoms with Crippen LogP contribution >= 0.6 is 0 Å². The highest BCUT2D eigenvalue weighted by Crippen LogP contribution is 2.43. The second kappa shape index (κ2) is 8.96. The van der Waals surface area contributed by atoms with E-state index in [1.165, 1.54) is 12.1 Å². The molecule has 37 heavy (non-hydrogen) atoms. The molecule has 11 heteroatoms. The van der Waals surface area contributed by atoms with E-state index in [9.17, 15) is 28.3 Å². The Morgan fingerprint density at radius 1 is 1.24 bits per heavy atom. The number of ether oxygens (including phenoxy) is 1. The van der Waals surface area contributed by atoms with Gasteiger partial charge in [0.15, 0.2) is 0 Å². The van der Waals surface area contributed by atoms with Gasteiger partial charge in [0.2, 0.25) is 0 Å². The van der Waals surface area contributed by atoms with E-state index < -0.39 is 18.1 Å². The smallest absolute Gasteiger partial charge is 0.478 e. The summed E-state index contributed by atoms with van der Waals surface area (Å²) >= 11 is 0. The standard InChI is InChI=1S/C26H21F3N4O4/c1-13-23(14(2)37-32-13)17-8-20-21(12-33(24(20)31-11-17)18-5-3-15(7-18)10-30)19-6-4-16(25(34)35)9-22(19)36-26(27,28)29/h4,6,8-9,11-12,15,18H,3,5,7H2,1-2H3,(H,34,35). The van der Waals surface area contributed by atoms with Crippen LogP contribution in [0.4, 0.5) is 13.2 Å². The summed E-state index contributed by atoms with van der Waals surface area (Å²) in [6, 6.07) is 7.43. The van der Waals surface area contributed by atoms with Crippen LogP contribution in [0.25, 0.3) is 33.3 Å². The molecule has 1 aliphatic carbocycles. The van der Waals surface area contributed by atoms with Crippen LogP contribution in [-0.4, -0.2) is 32.1 Å². The summed E-state index contributed by atoms with van der Waals surface area (Å²) < 4.78 is 51.4. The fourth-order valence-electron chi connectivity index (χ4n) is 5.07. The summed E-state index contributed by atoms with van der Waals surface area (Å²) in [6.07, 6.45) is 0.360. The van der Waals surface area contributed by atoms with Gasteiger partial charge >= 0.3 is 12.3 Å². The monoisotopic (exact) mass is 510 g/mol. The number of carboxylic acids is 1. The highest BCUT2D eigenvalue weighted by Gasteiger charge is 2.34. The highest BCUT2D eigenvalue weighted by atomic mass is 19.4. The summed E-state index contributed by atoms with van der Waals surface area (Å²) in [5.74, 6) is -1.56. The van der Waals surface area contributed by atoms with Crippen LogP contribution in [0, 0.1) is 31.1 Å². The maximum absolute atomic E-state index is 13.3. The van der Waals surface area contributed by atoms with Gasteiger partial charge in [-0.3, -0.25) is 0 Å². The van der Waals surface area contributed by atoms with Gasteiger partial charge in [-0.1, -0.05) is 5.16 Å². The number of hydrogen-bond acceptors (Lipinski definition) is 6. The SMILES string of the molecule is Cc1noc(C)c1-c1cnc2c(c1)c(-c1ccc(C(=O)O)cc1OC(F)(F)F)cn2C1CCC(C#N)C1. The van der Waals surface area contributed by atoms with Crippen molar-refractivity contribution in [3.05, 3.63) is 53.7 Å². The third-order valence-electron chi connectivity index (χ3n) is 6.72. The van der Waals surface area contributed by atoms with E-state index in [1.54, 1.807) is 32.3 Å². The van der Waals surface area contributed by atoms with E-state index >= 15 is 0 Å². The number of carbonyl (C=O) groups is 1. The van der Waals surface area contributed by atoms with Crippen LogP contribution in [0.5, 0.6) is 5.75 Å². The summed E-state index contributed by atoms with van der Waals surface area (Å²) in [4.78, 5) is 16.1. The Hall–Kier alpha value is -4.33. The topological polar surface area (TPSA) is 114 Å². The van der Waals surface area contributed by atoms with Crippen LogP contribution in [0.1, 0.15) is 47.1 Å². The summed E-state index contributed by atoms with van der Waals surface area (Å²) in [7, 11) is 0. The van der Waals surface area contributed by atoms with Crippen molar-refractivity contribution in [2.45, 2.75) is 45.5 Å². The molecule has 1 fully saturated rings. The van der Waals surface area contributed by atoms with Crippen LogP contribution < -0.4 is 4.74 Å². The number of aryl methyl sites for hydroxylation is 2. The van der Waals surface area contributed by atoms with Crippen molar-refractivity contribution >= 4 is 17.0 Å². The second-order valence-electron chi connectivity index (χ2n) is 9.10. The normalized spacial score (nSPS) is 17.7. The molecule has 190 valence electrons. The first-order valence-electron chi connectivity index (χ1n) is 11.5. The number of alkyl halides is 3. The molecule has 4 aromatic rings. The van der Waals surface area contributed by atoms with Crippen LogP contribution in [0.15, 0.2) is 41.2 Å². The molecule has 5 rings (SSSR count). The van der Waals surface area contributed by atoms with Crippen molar-refractivity contribution in [2.75, 3.05) is 0 Å². The predicted octanol–water partition coefficient (Wildman–Crippen LogP) is 6.44. The Morgan fingerprint density at radius 2 is 2.03 bits per heavy atom. The highest BCUT2D eigenvalue weighted by molar-refractivity contribution is 5.99. The summed E-state index contributed by atoms with van der Waals surface area (Å²) in [6.45, 7) is 3.54. The van der Waals surface area contributed by atoms with E-state index in [1.807, 2.05) is 4.57 Å². The Morgan fingerprint density at radius 3 is 2.65 bits per heavy atom. The lowest BCUT2D eigenvalue weighted by Crippen LogP contribution is -2.18. The molecule has 3 heterocycles. The number of benzene rings is 1. The number of nitrogens with zero attached hydrogens (tertiary/aromatic N) is 4. The predicted molar refractivity (Wildman–Crippen MR) is 126 cm³/mol. The first-order chi connectivity index (χ1) is 17.6. The lowest BCUT2D eigenvalue weighted by Gasteiger charge is -2.14. The quantitative estimate of drug-likeness (QED) is 0.329. The van der Waals surface area contributed by atoms with Crippen molar-refractivity contribution in [1.29, 1.82) is 5.26 Å². The number of rotatable bonds is 5. The lowest BCUT2D eigenvalue weighted by atomic mass is 10.00. The summed E-state index contributed by atoms with van der Waals surface area (Å²) in [5, 5.41) is 23.2. The maximum atomic E-state index is 13.3. The first-order valence-corrected chi connectivity index (χ1v) is 11.5. The van der Waals surface area contributed by atoms with Gasteiger partial charge in [-0.25, -0.2) is 9.78 Å². The van der Waals surface area contributed by atoms with Crippen molar-refractivity contribution < 1.29 is 32.3 Å². The molecule has 1 saturated carbocycles. The zero-order valence-corrected chi connectivity index (χ0v) is 19.8. The average molecular weight is 510 g/mol. The Bertz CT molecular complexity index is 1550. The molecule has 1 aromatic carbocycles. The van der Waals surface area contributed by atoms with Gasteiger partial charge in [0.1, 0.15) is 17.2 Å². The Balaban J connectivity index is 1.75. The van der Waals surface area contributed by atoms with Gasteiger partial charge < -0.3 is 18.9 Å². The Kier molecular flexibility index (Phi) is 5.90. The second-order valence-corrected chi connectivity index (χ2v) is 9.10. The number of aromatic carboxylic acids is 1.